The van der Waals surface area contributed by atoms with Gasteiger partial charge in [-0.1, -0.05) is 6.42 Å². The van der Waals surface area contributed by atoms with Crippen LogP contribution < -0.4 is 5.32 Å². The van der Waals surface area contributed by atoms with E-state index in [1.165, 1.54) is 0 Å². The number of hydrogen-bond donors (Lipinski definition) is 1. The van der Waals surface area contributed by atoms with E-state index >= 15 is 0 Å². The zero-order valence-corrected chi connectivity index (χ0v) is 7.08. The summed E-state index contributed by atoms with van der Waals surface area (Å²) in [6.45, 7) is 0.399. The van der Waals surface area contributed by atoms with Crippen molar-refractivity contribution < 1.29 is 14.4 Å². The summed E-state index contributed by atoms with van der Waals surface area (Å²) < 4.78 is 0. The van der Waals surface area contributed by atoms with E-state index < -0.39 is 17.8 Å². The molecule has 1 N–H and O–H groups in total. The number of imide groups is 2. The van der Waals surface area contributed by atoms with Crippen LogP contribution in [-0.2, 0) is 9.59 Å². The number of hydrogen-bond acceptors (Lipinski definition) is 3. The molecule has 1 aliphatic heterocycles. The van der Waals surface area contributed by atoms with Crippen molar-refractivity contribution in [3.8, 4) is 0 Å². The zero-order chi connectivity index (χ0) is 9.42. The van der Waals surface area contributed by atoms with E-state index in [-0.39, 0.29) is 0 Å². The number of nitrogens with zero attached hydrogens (tertiary/aromatic N) is 1. The van der Waals surface area contributed by atoms with Crippen LogP contribution in [-0.4, -0.2) is 29.3 Å². The van der Waals surface area contributed by atoms with Gasteiger partial charge in [0.1, 0.15) is 0 Å². The monoisotopic (exact) mass is 182 g/mol. The second-order valence-corrected chi connectivity index (χ2v) is 3.47. The van der Waals surface area contributed by atoms with E-state index in [0.29, 0.717) is 12.5 Å². The number of carbonyl (C=O) groups is 3. The smallest absolute Gasteiger partial charge is 0.269 e. The summed E-state index contributed by atoms with van der Waals surface area (Å²) in [5.74, 6) is -1.11. The highest BCUT2D eigenvalue weighted by Crippen LogP contribution is 2.27. The molecule has 1 saturated carbocycles. The van der Waals surface area contributed by atoms with Crippen molar-refractivity contribution in [3.05, 3.63) is 0 Å². The van der Waals surface area contributed by atoms with Crippen molar-refractivity contribution >= 4 is 17.8 Å². The van der Waals surface area contributed by atoms with Crippen LogP contribution in [0.5, 0.6) is 0 Å². The first-order valence-corrected chi connectivity index (χ1v) is 4.35. The average Bonchev–Trinajstić information content (AvgIpc) is 2.21. The van der Waals surface area contributed by atoms with E-state index in [4.69, 9.17) is 0 Å². The molecular formula is C8H10N2O3. The average molecular weight is 182 g/mol. The van der Waals surface area contributed by atoms with Gasteiger partial charge in [-0.3, -0.25) is 19.8 Å². The van der Waals surface area contributed by atoms with Gasteiger partial charge in [0.25, 0.3) is 0 Å². The Hall–Kier alpha value is -1.39. The van der Waals surface area contributed by atoms with E-state index in [9.17, 15) is 14.4 Å². The van der Waals surface area contributed by atoms with Crippen LogP contribution in [0.25, 0.3) is 0 Å². The van der Waals surface area contributed by atoms with E-state index in [1.54, 1.807) is 0 Å². The molecule has 13 heavy (non-hydrogen) atoms. The first-order valence-electron chi connectivity index (χ1n) is 4.35. The van der Waals surface area contributed by atoms with Gasteiger partial charge in [0.15, 0.2) is 0 Å². The predicted molar refractivity (Wildman–Crippen MR) is 42.6 cm³/mol. The van der Waals surface area contributed by atoms with Crippen molar-refractivity contribution in [1.82, 2.24) is 10.2 Å². The molecule has 0 atom stereocenters. The predicted octanol–water partition coefficient (Wildman–Crippen LogP) is -0.135. The topological polar surface area (TPSA) is 66.5 Å². The minimum atomic E-state index is -0.802. The summed E-state index contributed by atoms with van der Waals surface area (Å²) in [6.07, 6.45) is 3.25. The lowest BCUT2D eigenvalue weighted by molar-refractivity contribution is -0.140. The summed E-state index contributed by atoms with van der Waals surface area (Å²) in [7, 11) is 0. The summed E-state index contributed by atoms with van der Waals surface area (Å²) >= 11 is 0. The van der Waals surface area contributed by atoms with Gasteiger partial charge < -0.3 is 0 Å². The lowest BCUT2D eigenvalue weighted by Crippen LogP contribution is -2.37. The molecule has 0 radical (unpaired) electrons. The molecule has 5 nitrogen and oxygen atoms in total. The molecule has 1 aliphatic carbocycles. The second kappa shape index (κ2) is 2.83. The summed E-state index contributed by atoms with van der Waals surface area (Å²) in [5.41, 5.74) is 0. The number of rotatable bonds is 2. The molecule has 2 fully saturated rings. The number of nitrogens with one attached hydrogen (secondary N) is 1. The molecule has 2 aliphatic rings. The molecule has 0 aromatic carbocycles. The Bertz CT molecular complexity index is 283. The largest absolute Gasteiger partial charge is 0.331 e. The molecule has 0 bridgehead atoms. The Morgan fingerprint density at radius 1 is 1.31 bits per heavy atom. The van der Waals surface area contributed by atoms with Crippen LogP contribution in [0.15, 0.2) is 0 Å². The Morgan fingerprint density at radius 3 is 2.38 bits per heavy atom. The fraction of sp³-hybridized carbons (Fsp3) is 0.625. The van der Waals surface area contributed by atoms with Crippen LogP contribution in [0.3, 0.4) is 0 Å². The van der Waals surface area contributed by atoms with Gasteiger partial charge in [-0.15, -0.1) is 0 Å². The lowest BCUT2D eigenvalue weighted by Gasteiger charge is -2.27. The van der Waals surface area contributed by atoms with Crippen molar-refractivity contribution in [1.29, 1.82) is 0 Å². The first-order chi connectivity index (χ1) is 6.18. The lowest BCUT2D eigenvalue weighted by atomic mass is 9.85. The molecule has 5 heteroatoms. The third-order valence-corrected chi connectivity index (χ3v) is 2.57. The van der Waals surface area contributed by atoms with E-state index in [2.05, 4.69) is 0 Å². The minimum absolute atomic E-state index is 0.399. The maximum Gasteiger partial charge on any atom is 0.331 e. The van der Waals surface area contributed by atoms with Gasteiger partial charge in [0, 0.05) is 6.54 Å². The molecule has 0 spiro atoms. The van der Waals surface area contributed by atoms with E-state index in [0.717, 1.165) is 24.2 Å². The number of carbonyl (C=O) groups excluding carboxylic acids is 3. The fourth-order valence-electron chi connectivity index (χ4n) is 1.53. The molecule has 70 valence electrons. The summed E-state index contributed by atoms with van der Waals surface area (Å²) in [5, 5.41) is 1.97. The molecule has 1 heterocycles. The van der Waals surface area contributed by atoms with Crippen LogP contribution in [0.1, 0.15) is 19.3 Å². The minimum Gasteiger partial charge on any atom is -0.269 e. The Labute approximate surface area is 75.1 Å². The van der Waals surface area contributed by atoms with Gasteiger partial charge >= 0.3 is 17.8 Å². The Balaban J connectivity index is 2.00. The third-order valence-electron chi connectivity index (χ3n) is 2.57. The van der Waals surface area contributed by atoms with Crippen LogP contribution in [0.4, 0.5) is 4.79 Å². The molecular weight excluding hydrogens is 172 g/mol. The zero-order valence-electron chi connectivity index (χ0n) is 7.08. The van der Waals surface area contributed by atoms with Crippen molar-refractivity contribution in [2.75, 3.05) is 6.54 Å². The molecule has 2 rings (SSSR count). The third kappa shape index (κ3) is 1.30. The van der Waals surface area contributed by atoms with Crippen LogP contribution >= 0.6 is 0 Å². The van der Waals surface area contributed by atoms with Gasteiger partial charge in [-0.05, 0) is 18.8 Å². The standard InChI is InChI=1S/C8H10N2O3/c11-6-7(12)10(8(13)9-6)4-5-2-1-3-5/h5H,1-4H2,(H,9,11,13). The van der Waals surface area contributed by atoms with Gasteiger partial charge in [0.2, 0.25) is 0 Å². The highest BCUT2D eigenvalue weighted by Gasteiger charge is 2.38. The SMILES string of the molecule is O=C1NC(=O)N(CC2CCC2)C1=O. The molecule has 0 aromatic heterocycles. The molecule has 4 amide bonds. The number of amides is 4. The van der Waals surface area contributed by atoms with Crippen LogP contribution in [0.2, 0.25) is 0 Å². The van der Waals surface area contributed by atoms with Gasteiger partial charge in [-0.2, -0.15) is 0 Å². The van der Waals surface area contributed by atoms with Crippen LogP contribution in [0, 0.1) is 5.92 Å². The van der Waals surface area contributed by atoms with Gasteiger partial charge in [0.05, 0.1) is 0 Å². The highest BCUT2D eigenvalue weighted by molar-refractivity contribution is 6.44. The van der Waals surface area contributed by atoms with Gasteiger partial charge in [-0.25, -0.2) is 4.79 Å². The summed E-state index contributed by atoms with van der Waals surface area (Å²) in [4.78, 5) is 33.9. The fourth-order valence-corrected chi connectivity index (χ4v) is 1.53. The maximum atomic E-state index is 11.1. The Kier molecular flexibility index (Phi) is 1.79. The molecule has 0 unspecified atom stereocenters. The van der Waals surface area contributed by atoms with Crippen molar-refractivity contribution in [2.24, 2.45) is 5.92 Å². The normalized spacial score (nSPS) is 23.4. The van der Waals surface area contributed by atoms with Crippen molar-refractivity contribution in [2.45, 2.75) is 19.3 Å². The maximum absolute atomic E-state index is 11.1. The molecule has 0 aromatic rings. The quantitative estimate of drug-likeness (QED) is 0.477. The van der Waals surface area contributed by atoms with E-state index in [1.807, 2.05) is 5.32 Å². The summed E-state index contributed by atoms with van der Waals surface area (Å²) in [6, 6.07) is -0.568. The highest BCUT2D eigenvalue weighted by atomic mass is 16.2. The number of urea groups is 1. The van der Waals surface area contributed by atoms with Crippen molar-refractivity contribution in [3.63, 3.8) is 0 Å². The Morgan fingerprint density at radius 2 is 2.00 bits per heavy atom. The first kappa shape index (κ1) is 8.22. The molecule has 1 saturated heterocycles. The second-order valence-electron chi connectivity index (χ2n) is 3.47.